The maximum absolute atomic E-state index is 14.5. The molecule has 0 bridgehead atoms. The van der Waals surface area contributed by atoms with Gasteiger partial charge in [-0.1, -0.05) is 29.8 Å². The smallest absolute Gasteiger partial charge is 0.272 e. The van der Waals surface area contributed by atoms with Crippen LogP contribution in [0.25, 0.3) is 10.9 Å². The number of rotatable bonds is 7. The second kappa shape index (κ2) is 10.3. The van der Waals surface area contributed by atoms with Gasteiger partial charge in [0.1, 0.15) is 17.3 Å². The maximum atomic E-state index is 14.5. The van der Waals surface area contributed by atoms with Crippen molar-refractivity contribution in [2.24, 2.45) is 0 Å². The molecule has 4 aromatic rings. The van der Waals surface area contributed by atoms with E-state index < -0.39 is 0 Å². The molecule has 1 aromatic heterocycles. The molecule has 178 valence electrons. The Bertz CT molecular complexity index is 1420. The SMILES string of the molecule is C/C=C(/C)CC(=O)Nc1ccc2c(c1)cc(C(=O)Nc1ccc(O)cc1)n2Cc1ccccc1F. The zero-order valence-electron chi connectivity index (χ0n) is 19.5. The van der Waals surface area contributed by atoms with Gasteiger partial charge in [0.2, 0.25) is 5.91 Å². The number of fused-ring (bicyclic) bond motifs is 1. The van der Waals surface area contributed by atoms with Gasteiger partial charge in [0.15, 0.2) is 0 Å². The average molecular weight is 472 g/mol. The number of halogens is 1. The fourth-order valence-electron chi connectivity index (χ4n) is 3.80. The number of nitrogens with zero attached hydrogens (tertiary/aromatic N) is 1. The standard InChI is InChI=1S/C28H26FN3O3/c1-3-18(2)14-27(34)30-22-10-13-25-20(15-22)16-26(28(35)31-21-8-11-23(33)12-9-21)32(25)17-19-6-4-5-7-24(19)29/h3-13,15-16,33H,14,17H2,1-2H3,(H,30,34)(H,31,35)/b18-3-. The maximum Gasteiger partial charge on any atom is 0.272 e. The van der Waals surface area contributed by atoms with Gasteiger partial charge in [-0.3, -0.25) is 9.59 Å². The van der Waals surface area contributed by atoms with E-state index in [4.69, 9.17) is 0 Å². The van der Waals surface area contributed by atoms with E-state index in [2.05, 4.69) is 10.6 Å². The van der Waals surface area contributed by atoms with Crippen LogP contribution in [-0.4, -0.2) is 21.5 Å². The lowest BCUT2D eigenvalue weighted by atomic mass is 10.2. The van der Waals surface area contributed by atoms with Crippen molar-refractivity contribution in [3.8, 4) is 5.75 Å². The molecular weight excluding hydrogens is 445 g/mol. The summed E-state index contributed by atoms with van der Waals surface area (Å²) in [5.41, 5.74) is 3.61. The van der Waals surface area contributed by atoms with Crippen molar-refractivity contribution in [1.29, 1.82) is 0 Å². The van der Waals surface area contributed by atoms with Gasteiger partial charge in [0.25, 0.3) is 5.91 Å². The van der Waals surface area contributed by atoms with Crippen LogP contribution in [0.4, 0.5) is 15.8 Å². The molecule has 1 heterocycles. The Morgan fingerprint density at radius 2 is 1.69 bits per heavy atom. The normalized spacial score (nSPS) is 11.5. The zero-order valence-corrected chi connectivity index (χ0v) is 19.5. The van der Waals surface area contributed by atoms with Crippen molar-refractivity contribution in [2.45, 2.75) is 26.8 Å². The van der Waals surface area contributed by atoms with Gasteiger partial charge in [-0.25, -0.2) is 4.39 Å². The fraction of sp³-hybridized carbons (Fsp3) is 0.143. The lowest BCUT2D eigenvalue weighted by molar-refractivity contribution is -0.115. The number of anilines is 2. The first-order valence-corrected chi connectivity index (χ1v) is 11.2. The molecule has 0 saturated carbocycles. The van der Waals surface area contributed by atoms with Crippen molar-refractivity contribution in [2.75, 3.05) is 10.6 Å². The molecule has 0 aliphatic rings. The Kier molecular flexibility index (Phi) is 6.96. The average Bonchev–Trinajstić information content (AvgIpc) is 3.19. The highest BCUT2D eigenvalue weighted by atomic mass is 19.1. The van der Waals surface area contributed by atoms with Crippen molar-refractivity contribution in [3.63, 3.8) is 0 Å². The van der Waals surface area contributed by atoms with Crippen LogP contribution in [0.15, 0.2) is 84.4 Å². The topological polar surface area (TPSA) is 83.4 Å². The Morgan fingerprint density at radius 1 is 0.971 bits per heavy atom. The molecule has 0 saturated heterocycles. The summed E-state index contributed by atoms with van der Waals surface area (Å²) in [6.07, 6.45) is 2.19. The second-order valence-electron chi connectivity index (χ2n) is 8.34. The molecule has 3 aromatic carbocycles. The Hall–Kier alpha value is -4.39. The van der Waals surface area contributed by atoms with Crippen molar-refractivity contribution >= 4 is 34.1 Å². The minimum Gasteiger partial charge on any atom is -0.508 e. The monoisotopic (exact) mass is 471 g/mol. The fourth-order valence-corrected chi connectivity index (χ4v) is 3.80. The first kappa shape index (κ1) is 23.8. The number of hydrogen-bond donors (Lipinski definition) is 3. The predicted molar refractivity (Wildman–Crippen MR) is 136 cm³/mol. The molecule has 0 fully saturated rings. The van der Waals surface area contributed by atoms with Gasteiger partial charge in [0.05, 0.1) is 6.54 Å². The summed E-state index contributed by atoms with van der Waals surface area (Å²) in [6, 6.07) is 19.7. The zero-order chi connectivity index (χ0) is 24.9. The number of aromatic nitrogens is 1. The predicted octanol–water partition coefficient (Wildman–Crippen LogP) is 6.08. The summed E-state index contributed by atoms with van der Waals surface area (Å²) in [5, 5.41) is 15.9. The molecule has 0 aliphatic heterocycles. The highest BCUT2D eigenvalue weighted by Crippen LogP contribution is 2.27. The lowest BCUT2D eigenvalue weighted by Crippen LogP contribution is -2.17. The van der Waals surface area contributed by atoms with Gasteiger partial charge >= 0.3 is 0 Å². The van der Waals surface area contributed by atoms with E-state index in [9.17, 15) is 19.1 Å². The number of benzene rings is 3. The van der Waals surface area contributed by atoms with E-state index in [1.807, 2.05) is 26.0 Å². The van der Waals surface area contributed by atoms with Gasteiger partial charge < -0.3 is 20.3 Å². The van der Waals surface area contributed by atoms with Gasteiger partial charge in [-0.05, 0) is 68.4 Å². The molecule has 0 aliphatic carbocycles. The van der Waals surface area contributed by atoms with Crippen molar-refractivity contribution in [1.82, 2.24) is 4.57 Å². The minimum atomic E-state index is -0.377. The number of nitrogens with one attached hydrogen (secondary N) is 2. The number of phenolic OH excluding ortho intramolecular Hbond substituents is 1. The number of carbonyl (C=O) groups is 2. The van der Waals surface area contributed by atoms with Gasteiger partial charge in [-0.15, -0.1) is 0 Å². The van der Waals surface area contributed by atoms with Crippen molar-refractivity contribution < 1.29 is 19.1 Å². The van der Waals surface area contributed by atoms with E-state index in [1.54, 1.807) is 53.1 Å². The van der Waals surface area contributed by atoms with Crippen LogP contribution in [0.1, 0.15) is 36.3 Å². The molecule has 0 unspecified atom stereocenters. The molecular formula is C28H26FN3O3. The first-order chi connectivity index (χ1) is 16.8. The second-order valence-corrected chi connectivity index (χ2v) is 8.34. The third kappa shape index (κ3) is 5.58. The molecule has 2 amide bonds. The molecule has 7 heteroatoms. The quantitative estimate of drug-likeness (QED) is 0.226. The van der Waals surface area contributed by atoms with E-state index >= 15 is 0 Å². The van der Waals surface area contributed by atoms with E-state index in [0.717, 1.165) is 16.5 Å². The third-order valence-corrected chi connectivity index (χ3v) is 5.76. The molecule has 35 heavy (non-hydrogen) atoms. The molecule has 0 atom stereocenters. The summed E-state index contributed by atoms with van der Waals surface area (Å²) in [7, 11) is 0. The van der Waals surface area contributed by atoms with Crippen LogP contribution in [0.5, 0.6) is 5.75 Å². The Morgan fingerprint density at radius 3 is 2.40 bits per heavy atom. The van der Waals surface area contributed by atoms with Crippen LogP contribution in [-0.2, 0) is 11.3 Å². The molecule has 6 nitrogen and oxygen atoms in total. The molecule has 4 rings (SSSR count). The summed E-state index contributed by atoms with van der Waals surface area (Å²) in [5.74, 6) is -0.771. The number of amides is 2. The lowest BCUT2D eigenvalue weighted by Gasteiger charge is -2.12. The number of allylic oxidation sites excluding steroid dienone is 1. The largest absolute Gasteiger partial charge is 0.508 e. The van der Waals surface area contributed by atoms with E-state index in [0.29, 0.717) is 29.1 Å². The molecule has 3 N–H and O–H groups in total. The molecule has 0 spiro atoms. The number of hydrogen-bond acceptors (Lipinski definition) is 3. The van der Waals surface area contributed by atoms with Crippen molar-refractivity contribution in [3.05, 3.63) is 102 Å². The summed E-state index contributed by atoms with van der Waals surface area (Å²) >= 11 is 0. The van der Waals surface area contributed by atoms with Crippen LogP contribution >= 0.6 is 0 Å². The number of aromatic hydroxyl groups is 1. The van der Waals surface area contributed by atoms with Crippen LogP contribution < -0.4 is 10.6 Å². The van der Waals surface area contributed by atoms with Gasteiger partial charge in [0, 0.05) is 34.3 Å². The third-order valence-electron chi connectivity index (χ3n) is 5.76. The highest BCUT2D eigenvalue weighted by Gasteiger charge is 2.18. The number of carbonyl (C=O) groups excluding carboxylic acids is 2. The summed E-state index contributed by atoms with van der Waals surface area (Å²) < 4.78 is 16.2. The summed E-state index contributed by atoms with van der Waals surface area (Å²) in [6.45, 7) is 3.93. The Balaban J connectivity index is 1.71. The minimum absolute atomic E-state index is 0.0934. The van der Waals surface area contributed by atoms with E-state index in [-0.39, 0.29) is 29.9 Å². The van der Waals surface area contributed by atoms with Crippen LogP contribution in [0.3, 0.4) is 0 Å². The number of phenols is 1. The van der Waals surface area contributed by atoms with Gasteiger partial charge in [-0.2, -0.15) is 0 Å². The van der Waals surface area contributed by atoms with Crippen LogP contribution in [0.2, 0.25) is 0 Å². The molecule has 0 radical (unpaired) electrons. The van der Waals surface area contributed by atoms with E-state index in [1.165, 1.54) is 18.2 Å². The highest BCUT2D eigenvalue weighted by molar-refractivity contribution is 6.07. The van der Waals surface area contributed by atoms with Crippen LogP contribution in [0, 0.1) is 5.82 Å². The summed E-state index contributed by atoms with van der Waals surface area (Å²) in [4.78, 5) is 25.5. The first-order valence-electron chi connectivity index (χ1n) is 11.2. The Labute approximate surface area is 202 Å².